The van der Waals surface area contributed by atoms with Crippen LogP contribution in [0.4, 0.5) is 10.5 Å². The Balaban J connectivity index is 1.85. The van der Waals surface area contributed by atoms with Gasteiger partial charge in [-0.2, -0.15) is 0 Å². The van der Waals surface area contributed by atoms with Crippen LogP contribution in [0.1, 0.15) is 18.9 Å². The van der Waals surface area contributed by atoms with Crippen molar-refractivity contribution >= 4 is 62.2 Å². The smallest absolute Gasteiger partial charge is 0.298 e. The van der Waals surface area contributed by atoms with Gasteiger partial charge in [0, 0.05) is 5.02 Å². The second-order valence-corrected chi connectivity index (χ2v) is 7.82. The van der Waals surface area contributed by atoms with E-state index in [1.165, 1.54) is 0 Å². The van der Waals surface area contributed by atoms with Crippen molar-refractivity contribution in [1.29, 1.82) is 0 Å². The highest BCUT2D eigenvalue weighted by atomic mass is 79.9. The van der Waals surface area contributed by atoms with E-state index in [2.05, 4.69) is 15.9 Å². The van der Waals surface area contributed by atoms with Crippen LogP contribution in [0.2, 0.25) is 5.02 Å². The number of hydrogen-bond donors (Lipinski definition) is 0. The lowest BCUT2D eigenvalue weighted by molar-refractivity contribution is -0.113. The summed E-state index contributed by atoms with van der Waals surface area (Å²) in [7, 11) is 0. The van der Waals surface area contributed by atoms with Crippen molar-refractivity contribution in [3.05, 3.63) is 62.4 Å². The van der Waals surface area contributed by atoms with Crippen LogP contribution < -0.4 is 9.64 Å². The lowest BCUT2D eigenvalue weighted by Crippen LogP contribution is -2.27. The highest BCUT2D eigenvalue weighted by Crippen LogP contribution is 2.37. The molecule has 7 heteroatoms. The third kappa shape index (κ3) is 4.14. The Hall–Kier alpha value is -1.76. The minimum absolute atomic E-state index is 0.342. The first-order valence-corrected chi connectivity index (χ1v) is 9.94. The van der Waals surface area contributed by atoms with E-state index in [1.54, 1.807) is 30.3 Å². The molecule has 3 rings (SSSR count). The first-order valence-electron chi connectivity index (χ1n) is 7.95. The molecule has 1 aliphatic heterocycles. The van der Waals surface area contributed by atoms with Gasteiger partial charge in [0.1, 0.15) is 5.75 Å². The zero-order valence-corrected chi connectivity index (χ0v) is 17.0. The molecule has 1 heterocycles. The molecule has 0 saturated carbocycles. The molecule has 0 bridgehead atoms. The van der Waals surface area contributed by atoms with Crippen molar-refractivity contribution in [2.75, 3.05) is 11.5 Å². The fraction of sp³-hybridized carbons (Fsp3) is 0.158. The summed E-state index contributed by atoms with van der Waals surface area (Å²) in [6.07, 6.45) is 2.62. The summed E-state index contributed by atoms with van der Waals surface area (Å²) in [5.74, 6) is 0.390. The van der Waals surface area contributed by atoms with Crippen molar-refractivity contribution in [3.63, 3.8) is 0 Å². The highest BCUT2D eigenvalue weighted by molar-refractivity contribution is 9.10. The second kappa shape index (κ2) is 8.29. The molecule has 2 aromatic carbocycles. The van der Waals surface area contributed by atoms with Crippen LogP contribution in [0.15, 0.2) is 51.8 Å². The quantitative estimate of drug-likeness (QED) is 0.512. The number of imide groups is 1. The van der Waals surface area contributed by atoms with Gasteiger partial charge in [0.15, 0.2) is 0 Å². The van der Waals surface area contributed by atoms with Crippen molar-refractivity contribution in [2.45, 2.75) is 13.3 Å². The molecule has 0 unspecified atom stereocenters. The van der Waals surface area contributed by atoms with Crippen LogP contribution in [-0.2, 0) is 4.79 Å². The molecule has 0 spiro atoms. The minimum Gasteiger partial charge on any atom is -0.492 e. The van der Waals surface area contributed by atoms with Crippen LogP contribution in [0, 0.1) is 0 Å². The van der Waals surface area contributed by atoms with E-state index in [1.807, 2.05) is 25.1 Å². The van der Waals surface area contributed by atoms with E-state index in [9.17, 15) is 9.59 Å². The molecule has 0 aliphatic carbocycles. The van der Waals surface area contributed by atoms with Crippen LogP contribution in [0.25, 0.3) is 6.08 Å². The molecule has 2 amide bonds. The van der Waals surface area contributed by atoms with Gasteiger partial charge >= 0.3 is 0 Å². The van der Waals surface area contributed by atoms with Crippen molar-refractivity contribution in [2.24, 2.45) is 0 Å². The van der Waals surface area contributed by atoms with Gasteiger partial charge in [-0.1, -0.05) is 30.7 Å². The van der Waals surface area contributed by atoms with Crippen LogP contribution >= 0.6 is 39.3 Å². The normalized spacial score (nSPS) is 15.8. The van der Waals surface area contributed by atoms with Crippen molar-refractivity contribution in [3.8, 4) is 5.75 Å². The number of carbonyl (C=O) groups is 2. The SMILES string of the molecule is CCCOc1ccc(/C=C2/SC(=O)N(c3cccc(Cl)c3)C2=O)cc1Br. The molecular weight excluding hydrogens is 438 g/mol. The van der Waals surface area contributed by atoms with E-state index >= 15 is 0 Å². The van der Waals surface area contributed by atoms with E-state index in [0.717, 1.165) is 38.9 Å². The molecule has 4 nitrogen and oxygen atoms in total. The first kappa shape index (κ1) is 19.0. The summed E-state index contributed by atoms with van der Waals surface area (Å²) < 4.78 is 6.42. The van der Waals surface area contributed by atoms with Gasteiger partial charge in [-0.3, -0.25) is 9.59 Å². The number of nitrogens with zero attached hydrogens (tertiary/aromatic N) is 1. The molecule has 134 valence electrons. The van der Waals surface area contributed by atoms with Gasteiger partial charge in [0.05, 0.1) is 21.7 Å². The summed E-state index contributed by atoms with van der Waals surface area (Å²) >= 11 is 10.3. The number of ether oxygens (including phenoxy) is 1. The number of rotatable bonds is 5. The van der Waals surface area contributed by atoms with Gasteiger partial charge in [-0.15, -0.1) is 0 Å². The summed E-state index contributed by atoms with van der Waals surface area (Å²) in [6, 6.07) is 12.2. The Morgan fingerprint density at radius 2 is 2.04 bits per heavy atom. The molecule has 0 N–H and O–H groups in total. The Bertz CT molecular complexity index is 900. The average molecular weight is 453 g/mol. The van der Waals surface area contributed by atoms with Crippen molar-refractivity contribution < 1.29 is 14.3 Å². The highest BCUT2D eigenvalue weighted by Gasteiger charge is 2.36. The standard InChI is InChI=1S/C19H15BrClNO3S/c1-2-8-25-16-7-6-12(9-15(16)20)10-17-18(23)22(19(24)26-17)14-5-3-4-13(21)11-14/h3-7,9-11H,2,8H2,1H3/b17-10+. The Morgan fingerprint density at radius 1 is 1.23 bits per heavy atom. The number of halogens is 2. The molecule has 0 radical (unpaired) electrons. The topological polar surface area (TPSA) is 46.6 Å². The zero-order valence-electron chi connectivity index (χ0n) is 13.9. The van der Waals surface area contributed by atoms with E-state index < -0.39 is 0 Å². The van der Waals surface area contributed by atoms with Gasteiger partial charge in [0.25, 0.3) is 11.1 Å². The van der Waals surface area contributed by atoms with E-state index in [-0.39, 0.29) is 11.1 Å². The van der Waals surface area contributed by atoms with Gasteiger partial charge < -0.3 is 4.74 Å². The van der Waals surface area contributed by atoms with Crippen molar-refractivity contribution in [1.82, 2.24) is 0 Å². The average Bonchev–Trinajstić information content (AvgIpc) is 2.88. The fourth-order valence-electron chi connectivity index (χ4n) is 2.39. The minimum atomic E-state index is -0.357. The maximum absolute atomic E-state index is 12.7. The van der Waals surface area contributed by atoms with Gasteiger partial charge in [-0.25, -0.2) is 4.90 Å². The maximum atomic E-state index is 12.7. The summed E-state index contributed by atoms with van der Waals surface area (Å²) in [5.41, 5.74) is 1.27. The Morgan fingerprint density at radius 3 is 2.73 bits per heavy atom. The van der Waals surface area contributed by atoms with Gasteiger partial charge in [-0.05, 0) is 76.1 Å². The zero-order chi connectivity index (χ0) is 18.7. The first-order chi connectivity index (χ1) is 12.5. The molecule has 1 saturated heterocycles. The molecule has 0 atom stereocenters. The fourth-order valence-corrected chi connectivity index (χ4v) is 3.93. The molecule has 2 aromatic rings. The second-order valence-electron chi connectivity index (χ2n) is 5.54. The summed E-state index contributed by atoms with van der Waals surface area (Å²) in [6.45, 7) is 2.68. The largest absolute Gasteiger partial charge is 0.492 e. The number of anilines is 1. The lowest BCUT2D eigenvalue weighted by atomic mass is 10.2. The molecule has 1 aliphatic rings. The van der Waals surface area contributed by atoms with Gasteiger partial charge in [0.2, 0.25) is 0 Å². The third-order valence-corrected chi connectivity index (χ3v) is 5.30. The molecular formula is C19H15BrClNO3S. The maximum Gasteiger partial charge on any atom is 0.298 e. The van der Waals surface area contributed by atoms with E-state index in [4.69, 9.17) is 16.3 Å². The lowest BCUT2D eigenvalue weighted by Gasteiger charge is -2.12. The third-order valence-electron chi connectivity index (χ3n) is 3.58. The summed E-state index contributed by atoms with van der Waals surface area (Å²) in [5, 5.41) is 0.127. The Labute approximate surface area is 169 Å². The molecule has 26 heavy (non-hydrogen) atoms. The number of thioether (sulfide) groups is 1. The molecule has 1 fully saturated rings. The number of benzene rings is 2. The Kier molecular flexibility index (Phi) is 6.06. The number of carbonyl (C=O) groups excluding carboxylic acids is 2. The monoisotopic (exact) mass is 451 g/mol. The number of hydrogen-bond acceptors (Lipinski definition) is 4. The van der Waals surface area contributed by atoms with Crippen LogP contribution in [0.5, 0.6) is 5.75 Å². The molecule has 0 aromatic heterocycles. The number of amides is 2. The van der Waals surface area contributed by atoms with E-state index in [0.29, 0.717) is 22.2 Å². The van der Waals surface area contributed by atoms with Crippen LogP contribution in [0.3, 0.4) is 0 Å². The van der Waals surface area contributed by atoms with Crippen LogP contribution in [-0.4, -0.2) is 17.8 Å². The predicted molar refractivity (Wildman–Crippen MR) is 110 cm³/mol. The predicted octanol–water partition coefficient (Wildman–Crippen LogP) is 6.13. The summed E-state index contributed by atoms with van der Waals surface area (Å²) in [4.78, 5) is 26.5.